The Labute approximate surface area is 190 Å². The summed E-state index contributed by atoms with van der Waals surface area (Å²) in [4.78, 5) is 14.2. The quantitative estimate of drug-likeness (QED) is 0.455. The Balaban J connectivity index is 1.34. The Morgan fingerprint density at radius 2 is 1.78 bits per heavy atom. The summed E-state index contributed by atoms with van der Waals surface area (Å²) in [5.41, 5.74) is -0.0289. The van der Waals surface area contributed by atoms with E-state index in [-0.39, 0.29) is 12.5 Å². The first kappa shape index (κ1) is 23.6. The minimum atomic E-state index is -1.87. The highest BCUT2D eigenvalue weighted by Crippen LogP contribution is 2.40. The largest absolute Gasteiger partial charge is 0.389 e. The van der Waals surface area contributed by atoms with Crippen LogP contribution < -0.4 is 5.32 Å². The normalized spacial score (nSPS) is 37.8. The molecule has 3 aliphatic rings. The van der Waals surface area contributed by atoms with Crippen molar-refractivity contribution in [2.24, 2.45) is 5.92 Å². The Kier molecular flexibility index (Phi) is 7.22. The van der Waals surface area contributed by atoms with E-state index in [2.05, 4.69) is 12.2 Å². The van der Waals surface area contributed by atoms with Crippen molar-refractivity contribution >= 4 is 5.91 Å². The highest BCUT2D eigenvalue weighted by atomic mass is 16.4. The molecule has 1 amide bonds. The number of benzene rings is 1. The van der Waals surface area contributed by atoms with Gasteiger partial charge in [-0.2, -0.15) is 0 Å². The highest BCUT2D eigenvalue weighted by molar-refractivity contribution is 5.94. The van der Waals surface area contributed by atoms with E-state index >= 15 is 0 Å². The minimum absolute atomic E-state index is 0.0787. The molecule has 1 aromatic carbocycles. The number of fused-ring (bicyclic) bond motifs is 1. The number of nitrogens with one attached hydrogen (secondary N) is 1. The fourth-order valence-corrected chi connectivity index (χ4v) is 6.11. The first-order valence-electron chi connectivity index (χ1n) is 12.3. The van der Waals surface area contributed by atoms with Crippen molar-refractivity contribution in [2.45, 2.75) is 94.3 Å². The SMILES string of the molecule is CCCC1CCC(c2ccc(C(=O)NC[C@@H]3[C@@H](O)[C@@H](O)[C@@]4(O)[C@H](O)CCCN34)cc2)CC1. The summed E-state index contributed by atoms with van der Waals surface area (Å²) in [5, 5.41) is 44.7. The maximum Gasteiger partial charge on any atom is 0.251 e. The Hall–Kier alpha value is -1.51. The molecule has 5 atom stereocenters. The number of aliphatic hydroxyl groups excluding tert-OH is 3. The number of piperidine rings is 1. The van der Waals surface area contributed by atoms with Gasteiger partial charge in [0.05, 0.1) is 12.1 Å². The third-order valence-electron chi connectivity index (χ3n) is 8.04. The average Bonchev–Trinajstić information content (AvgIpc) is 3.00. The van der Waals surface area contributed by atoms with Crippen LogP contribution in [0.15, 0.2) is 24.3 Å². The summed E-state index contributed by atoms with van der Waals surface area (Å²) in [7, 11) is 0. The van der Waals surface area contributed by atoms with Gasteiger partial charge >= 0.3 is 0 Å². The van der Waals surface area contributed by atoms with Gasteiger partial charge < -0.3 is 25.7 Å². The number of carbonyl (C=O) groups excluding carboxylic acids is 1. The molecule has 0 bridgehead atoms. The van der Waals surface area contributed by atoms with Gasteiger partial charge in [0.1, 0.15) is 12.2 Å². The van der Waals surface area contributed by atoms with Gasteiger partial charge in [0.15, 0.2) is 5.72 Å². The number of nitrogens with zero attached hydrogens (tertiary/aromatic N) is 1. The zero-order valence-corrected chi connectivity index (χ0v) is 19.0. The van der Waals surface area contributed by atoms with Crippen LogP contribution in [0.2, 0.25) is 0 Å². The summed E-state index contributed by atoms with van der Waals surface area (Å²) in [6, 6.07) is 7.14. The molecule has 1 aliphatic carbocycles. The van der Waals surface area contributed by atoms with E-state index in [0.717, 1.165) is 5.92 Å². The van der Waals surface area contributed by atoms with E-state index in [1.807, 2.05) is 24.3 Å². The highest BCUT2D eigenvalue weighted by Gasteiger charge is 2.61. The first-order chi connectivity index (χ1) is 15.4. The molecule has 1 saturated carbocycles. The summed E-state index contributed by atoms with van der Waals surface area (Å²) >= 11 is 0. The molecular weight excluding hydrogens is 408 g/mol. The van der Waals surface area contributed by atoms with Crippen LogP contribution in [0.5, 0.6) is 0 Å². The van der Waals surface area contributed by atoms with Crippen LogP contribution in [0.25, 0.3) is 0 Å². The molecule has 7 heteroatoms. The number of carbonyl (C=O) groups is 1. The second-order valence-electron chi connectivity index (χ2n) is 9.98. The summed E-state index contributed by atoms with van der Waals surface area (Å²) < 4.78 is 0. The maximum absolute atomic E-state index is 12.7. The van der Waals surface area contributed by atoms with Crippen LogP contribution in [0.1, 0.15) is 80.1 Å². The number of hydrogen-bond acceptors (Lipinski definition) is 6. The molecule has 2 saturated heterocycles. The lowest BCUT2D eigenvalue weighted by atomic mass is 9.77. The molecule has 7 nitrogen and oxygen atoms in total. The standard InChI is InChI=1S/C25H38N2O5/c1-2-4-16-6-8-17(9-7-16)18-10-12-19(13-11-18)24(31)26-15-20-22(29)23(30)25(32)21(28)5-3-14-27(20)25/h10-13,16-17,20-23,28-30,32H,2-9,14-15H2,1H3,(H,26,31)/t16?,17?,20-,21-,22-,23-,25+/m1/s1. The van der Waals surface area contributed by atoms with E-state index < -0.39 is 30.1 Å². The second-order valence-corrected chi connectivity index (χ2v) is 9.98. The van der Waals surface area contributed by atoms with Crippen molar-refractivity contribution in [3.05, 3.63) is 35.4 Å². The third kappa shape index (κ3) is 4.33. The molecule has 0 spiro atoms. The number of aliphatic hydroxyl groups is 4. The maximum atomic E-state index is 12.7. The minimum Gasteiger partial charge on any atom is -0.389 e. The van der Waals surface area contributed by atoms with E-state index in [4.69, 9.17) is 0 Å². The second kappa shape index (κ2) is 9.77. The molecule has 3 fully saturated rings. The van der Waals surface area contributed by atoms with E-state index in [1.165, 1.54) is 49.0 Å². The van der Waals surface area contributed by atoms with Crippen molar-refractivity contribution in [1.82, 2.24) is 10.2 Å². The fraction of sp³-hybridized carbons (Fsp3) is 0.720. The van der Waals surface area contributed by atoms with Crippen LogP contribution >= 0.6 is 0 Å². The van der Waals surface area contributed by atoms with Gasteiger partial charge in [-0.05, 0) is 68.1 Å². The fourth-order valence-electron chi connectivity index (χ4n) is 6.11. The number of rotatable bonds is 6. The molecule has 2 heterocycles. The average molecular weight is 447 g/mol. The van der Waals surface area contributed by atoms with Crippen LogP contribution in [-0.4, -0.2) is 74.4 Å². The van der Waals surface area contributed by atoms with Crippen LogP contribution in [-0.2, 0) is 0 Å². The molecule has 178 valence electrons. The van der Waals surface area contributed by atoms with Crippen molar-refractivity contribution in [2.75, 3.05) is 13.1 Å². The lowest BCUT2D eigenvalue weighted by Crippen LogP contribution is -2.63. The number of hydrogen-bond donors (Lipinski definition) is 5. The predicted molar refractivity (Wildman–Crippen MR) is 121 cm³/mol. The van der Waals surface area contributed by atoms with Gasteiger partial charge in [-0.15, -0.1) is 0 Å². The monoisotopic (exact) mass is 446 g/mol. The van der Waals surface area contributed by atoms with Crippen LogP contribution in [0.3, 0.4) is 0 Å². The van der Waals surface area contributed by atoms with Crippen molar-refractivity contribution in [3.8, 4) is 0 Å². The Bertz CT molecular complexity index is 779. The van der Waals surface area contributed by atoms with Gasteiger partial charge in [-0.25, -0.2) is 0 Å². The molecule has 0 radical (unpaired) electrons. The Morgan fingerprint density at radius 1 is 1.09 bits per heavy atom. The van der Waals surface area contributed by atoms with Gasteiger partial charge in [0.25, 0.3) is 5.91 Å². The molecular formula is C25H38N2O5. The topological polar surface area (TPSA) is 113 Å². The molecule has 32 heavy (non-hydrogen) atoms. The summed E-state index contributed by atoms with van der Waals surface area (Å²) in [6.07, 6.45) is 4.72. The van der Waals surface area contributed by atoms with Crippen molar-refractivity contribution in [1.29, 1.82) is 0 Å². The van der Waals surface area contributed by atoms with E-state index in [9.17, 15) is 25.2 Å². The van der Waals surface area contributed by atoms with E-state index in [0.29, 0.717) is 30.9 Å². The van der Waals surface area contributed by atoms with Crippen LogP contribution in [0, 0.1) is 5.92 Å². The van der Waals surface area contributed by atoms with Crippen LogP contribution in [0.4, 0.5) is 0 Å². The molecule has 2 aliphatic heterocycles. The molecule has 0 unspecified atom stereocenters. The summed E-state index contributed by atoms with van der Waals surface area (Å²) in [5.74, 6) is 1.18. The van der Waals surface area contributed by atoms with Gasteiger partial charge in [0.2, 0.25) is 0 Å². The molecule has 4 rings (SSSR count). The zero-order valence-electron chi connectivity index (χ0n) is 19.0. The first-order valence-corrected chi connectivity index (χ1v) is 12.3. The Morgan fingerprint density at radius 3 is 2.44 bits per heavy atom. The number of amides is 1. The van der Waals surface area contributed by atoms with Crippen molar-refractivity contribution < 1.29 is 25.2 Å². The van der Waals surface area contributed by atoms with Gasteiger partial charge in [-0.1, -0.05) is 31.9 Å². The van der Waals surface area contributed by atoms with Gasteiger partial charge in [-0.3, -0.25) is 9.69 Å². The molecule has 1 aromatic rings. The summed E-state index contributed by atoms with van der Waals surface area (Å²) in [6.45, 7) is 2.77. The van der Waals surface area contributed by atoms with Crippen molar-refractivity contribution in [3.63, 3.8) is 0 Å². The zero-order chi connectivity index (χ0) is 22.9. The lowest BCUT2D eigenvalue weighted by Gasteiger charge is -2.44. The third-order valence-corrected chi connectivity index (χ3v) is 8.04. The predicted octanol–water partition coefficient (Wildman–Crippen LogP) is 1.74. The molecule has 0 aromatic heterocycles. The van der Waals surface area contributed by atoms with E-state index in [1.54, 1.807) is 0 Å². The lowest BCUT2D eigenvalue weighted by molar-refractivity contribution is -0.226. The smallest absolute Gasteiger partial charge is 0.251 e. The van der Waals surface area contributed by atoms with Gasteiger partial charge in [0, 0.05) is 18.7 Å². The molecule has 5 N–H and O–H groups in total.